The van der Waals surface area contributed by atoms with Gasteiger partial charge in [-0.15, -0.1) is 11.3 Å². The van der Waals surface area contributed by atoms with Crippen LogP contribution in [-0.4, -0.2) is 24.0 Å². The van der Waals surface area contributed by atoms with Gasteiger partial charge in [-0.25, -0.2) is 0 Å². The van der Waals surface area contributed by atoms with Crippen LogP contribution in [0.2, 0.25) is 0 Å². The maximum Gasteiger partial charge on any atom is 0.254 e. The van der Waals surface area contributed by atoms with Crippen molar-refractivity contribution in [2.75, 3.05) is 13.2 Å². The van der Waals surface area contributed by atoms with E-state index < -0.39 is 0 Å². The summed E-state index contributed by atoms with van der Waals surface area (Å²) >= 11 is 1.63. The van der Waals surface area contributed by atoms with Crippen LogP contribution in [0.3, 0.4) is 0 Å². The van der Waals surface area contributed by atoms with Gasteiger partial charge in [-0.3, -0.25) is 4.79 Å². The minimum absolute atomic E-state index is 0.0678. The van der Waals surface area contributed by atoms with Crippen molar-refractivity contribution in [3.63, 3.8) is 0 Å². The van der Waals surface area contributed by atoms with Crippen molar-refractivity contribution in [2.45, 2.75) is 13.1 Å². The van der Waals surface area contributed by atoms with E-state index in [-0.39, 0.29) is 5.91 Å². The van der Waals surface area contributed by atoms with Crippen molar-refractivity contribution in [2.24, 2.45) is 0 Å². The molecule has 0 N–H and O–H groups in total. The second-order valence-corrected chi connectivity index (χ2v) is 6.71. The highest BCUT2D eigenvalue weighted by Gasteiger charge is 2.21. The fraction of sp³-hybridized carbons (Fsp3) is 0.211. The molecule has 3 aromatic rings. The zero-order valence-corrected chi connectivity index (χ0v) is 14.3. The molecule has 0 fully saturated rings. The van der Waals surface area contributed by atoms with Crippen LogP contribution in [0, 0.1) is 0 Å². The third-order valence-corrected chi connectivity index (χ3v) is 4.79. The van der Waals surface area contributed by atoms with Crippen LogP contribution < -0.4 is 9.47 Å². The Labute approximate surface area is 149 Å². The maximum atomic E-state index is 13.1. The lowest BCUT2D eigenvalue weighted by atomic mass is 10.1. The Morgan fingerprint density at radius 1 is 1.04 bits per heavy atom. The number of furan rings is 1. The molecule has 0 aliphatic carbocycles. The van der Waals surface area contributed by atoms with E-state index in [0.717, 1.165) is 10.6 Å². The summed E-state index contributed by atoms with van der Waals surface area (Å²) in [6.07, 6.45) is 1.62. The van der Waals surface area contributed by atoms with Gasteiger partial charge in [0, 0.05) is 10.4 Å². The summed E-state index contributed by atoms with van der Waals surface area (Å²) in [6.45, 7) is 1.98. The molecule has 25 heavy (non-hydrogen) atoms. The first-order chi connectivity index (χ1) is 12.3. The maximum absolute atomic E-state index is 13.1. The summed E-state index contributed by atoms with van der Waals surface area (Å²) in [6, 6.07) is 13.0. The van der Waals surface area contributed by atoms with Gasteiger partial charge in [-0.2, -0.15) is 0 Å². The van der Waals surface area contributed by atoms with Crippen LogP contribution in [0.15, 0.2) is 58.5 Å². The summed E-state index contributed by atoms with van der Waals surface area (Å²) < 4.78 is 16.5. The number of hydrogen-bond acceptors (Lipinski definition) is 5. The molecule has 0 saturated heterocycles. The smallest absolute Gasteiger partial charge is 0.254 e. The van der Waals surface area contributed by atoms with E-state index in [9.17, 15) is 4.79 Å². The van der Waals surface area contributed by atoms with Crippen molar-refractivity contribution in [1.82, 2.24) is 4.90 Å². The standard InChI is InChI=1S/C19H17NO4S/c21-19(14-5-6-17-18(11-14)24-9-8-23-17)20(12-15-3-1-7-22-15)13-16-4-2-10-25-16/h1-7,10-11H,8-9,12-13H2. The molecule has 3 heterocycles. The Bertz CT molecular complexity index is 806. The van der Waals surface area contributed by atoms with Crippen molar-refractivity contribution in [3.05, 3.63) is 70.3 Å². The molecule has 0 radical (unpaired) electrons. The summed E-state index contributed by atoms with van der Waals surface area (Å²) in [5.41, 5.74) is 0.576. The van der Waals surface area contributed by atoms with Crippen LogP contribution in [0.4, 0.5) is 0 Å². The Hall–Kier alpha value is -2.73. The molecule has 0 bridgehead atoms. The Morgan fingerprint density at radius 2 is 1.92 bits per heavy atom. The molecule has 128 valence electrons. The van der Waals surface area contributed by atoms with Gasteiger partial charge in [-0.1, -0.05) is 6.07 Å². The molecule has 0 saturated carbocycles. The van der Waals surface area contributed by atoms with Crippen molar-refractivity contribution in [1.29, 1.82) is 0 Å². The molecule has 6 heteroatoms. The molecule has 0 spiro atoms. The molecular weight excluding hydrogens is 338 g/mol. The van der Waals surface area contributed by atoms with E-state index in [2.05, 4.69) is 0 Å². The highest BCUT2D eigenvalue weighted by molar-refractivity contribution is 7.09. The van der Waals surface area contributed by atoms with Gasteiger partial charge in [0.1, 0.15) is 19.0 Å². The molecule has 1 amide bonds. The molecule has 0 unspecified atom stereocenters. The van der Waals surface area contributed by atoms with E-state index in [1.54, 1.807) is 40.7 Å². The third kappa shape index (κ3) is 3.53. The van der Waals surface area contributed by atoms with E-state index in [1.165, 1.54) is 0 Å². The van der Waals surface area contributed by atoms with E-state index in [1.807, 2.05) is 29.6 Å². The predicted octanol–water partition coefficient (Wildman–Crippen LogP) is 3.95. The highest BCUT2D eigenvalue weighted by atomic mass is 32.1. The molecule has 1 aliphatic rings. The van der Waals surface area contributed by atoms with Crippen molar-refractivity contribution in [3.8, 4) is 11.5 Å². The van der Waals surface area contributed by atoms with Gasteiger partial charge in [0.05, 0.1) is 19.4 Å². The Balaban J connectivity index is 1.60. The number of rotatable bonds is 5. The third-order valence-electron chi connectivity index (χ3n) is 3.93. The number of amides is 1. The SMILES string of the molecule is O=C(c1ccc2c(c1)OCCO2)N(Cc1ccco1)Cc1cccs1. The molecule has 5 nitrogen and oxygen atoms in total. The molecule has 1 aliphatic heterocycles. The van der Waals surface area contributed by atoms with Gasteiger partial charge >= 0.3 is 0 Å². The lowest BCUT2D eigenvalue weighted by Gasteiger charge is -2.23. The zero-order valence-electron chi connectivity index (χ0n) is 13.5. The van der Waals surface area contributed by atoms with Crippen LogP contribution in [0.25, 0.3) is 0 Å². The highest BCUT2D eigenvalue weighted by Crippen LogP contribution is 2.31. The first-order valence-electron chi connectivity index (χ1n) is 8.03. The minimum atomic E-state index is -0.0678. The lowest BCUT2D eigenvalue weighted by Crippen LogP contribution is -2.30. The number of benzene rings is 1. The zero-order chi connectivity index (χ0) is 17.1. The first-order valence-corrected chi connectivity index (χ1v) is 8.91. The number of nitrogens with zero attached hydrogens (tertiary/aromatic N) is 1. The lowest BCUT2D eigenvalue weighted by molar-refractivity contribution is 0.0718. The average Bonchev–Trinajstić information content (AvgIpc) is 3.34. The van der Waals surface area contributed by atoms with Gasteiger partial charge in [0.25, 0.3) is 5.91 Å². The number of hydrogen-bond donors (Lipinski definition) is 0. The second-order valence-electron chi connectivity index (χ2n) is 5.68. The summed E-state index contributed by atoms with van der Waals surface area (Å²) in [4.78, 5) is 16.0. The number of thiophene rings is 1. The fourth-order valence-electron chi connectivity index (χ4n) is 2.74. The molecule has 4 rings (SSSR count). The largest absolute Gasteiger partial charge is 0.486 e. The van der Waals surface area contributed by atoms with Gasteiger partial charge in [0.2, 0.25) is 0 Å². The second kappa shape index (κ2) is 7.03. The van der Waals surface area contributed by atoms with Crippen LogP contribution in [0.5, 0.6) is 11.5 Å². The topological polar surface area (TPSA) is 51.9 Å². The van der Waals surface area contributed by atoms with Gasteiger partial charge < -0.3 is 18.8 Å². The quantitative estimate of drug-likeness (QED) is 0.695. The predicted molar refractivity (Wildman–Crippen MR) is 94.0 cm³/mol. The Kier molecular flexibility index (Phi) is 4.43. The van der Waals surface area contributed by atoms with Gasteiger partial charge in [-0.05, 0) is 41.8 Å². The molecule has 0 atom stereocenters. The Morgan fingerprint density at radius 3 is 2.68 bits per heavy atom. The summed E-state index contributed by atoms with van der Waals surface area (Å²) in [5.74, 6) is 1.98. The fourth-order valence-corrected chi connectivity index (χ4v) is 3.46. The van der Waals surface area contributed by atoms with Crippen molar-refractivity contribution >= 4 is 17.2 Å². The van der Waals surface area contributed by atoms with E-state index >= 15 is 0 Å². The molecule has 1 aromatic carbocycles. The monoisotopic (exact) mass is 355 g/mol. The molecule has 2 aromatic heterocycles. The van der Waals surface area contributed by atoms with Crippen LogP contribution in [0.1, 0.15) is 21.0 Å². The van der Waals surface area contributed by atoms with Crippen molar-refractivity contribution < 1.29 is 18.7 Å². The van der Waals surface area contributed by atoms with Crippen LogP contribution in [-0.2, 0) is 13.1 Å². The summed E-state index contributed by atoms with van der Waals surface area (Å²) in [5, 5.41) is 2.01. The van der Waals surface area contributed by atoms with Crippen LogP contribution >= 0.6 is 11.3 Å². The van der Waals surface area contributed by atoms with E-state index in [4.69, 9.17) is 13.9 Å². The summed E-state index contributed by atoms with van der Waals surface area (Å²) in [7, 11) is 0. The van der Waals surface area contributed by atoms with Gasteiger partial charge in [0.15, 0.2) is 11.5 Å². The average molecular weight is 355 g/mol. The number of fused-ring (bicyclic) bond motifs is 1. The normalized spacial score (nSPS) is 12.8. The minimum Gasteiger partial charge on any atom is -0.486 e. The number of carbonyl (C=O) groups is 1. The molecular formula is C19H17NO4S. The number of carbonyl (C=O) groups excluding carboxylic acids is 1. The first kappa shape index (κ1) is 15.8. The number of ether oxygens (including phenoxy) is 2. The van der Waals surface area contributed by atoms with E-state index in [0.29, 0.717) is 43.4 Å².